The van der Waals surface area contributed by atoms with E-state index in [0.29, 0.717) is 11.4 Å². The monoisotopic (exact) mass is 400 g/mol. The topological polar surface area (TPSA) is 84.5 Å². The first-order chi connectivity index (χ1) is 13.4. The summed E-state index contributed by atoms with van der Waals surface area (Å²) in [7, 11) is -3.58. The van der Waals surface area contributed by atoms with E-state index in [-0.39, 0.29) is 24.0 Å². The Hall–Kier alpha value is -2.82. The third kappa shape index (κ3) is 7.06. The van der Waals surface area contributed by atoms with Crippen molar-refractivity contribution in [1.82, 2.24) is 4.72 Å². The Balaban J connectivity index is 1.82. The van der Waals surface area contributed by atoms with Crippen LogP contribution in [-0.4, -0.2) is 27.5 Å². The van der Waals surface area contributed by atoms with Gasteiger partial charge in [-0.15, -0.1) is 0 Å². The van der Waals surface area contributed by atoms with Gasteiger partial charge in [-0.2, -0.15) is 4.72 Å². The molecule has 2 aromatic rings. The van der Waals surface area contributed by atoms with Gasteiger partial charge in [0.25, 0.3) is 0 Å². The fraction of sp³-hybridized carbons (Fsp3) is 0.286. The lowest BCUT2D eigenvalue weighted by Crippen LogP contribution is -2.24. The maximum atomic E-state index is 12.2. The normalized spacial score (nSPS) is 10.6. The first-order valence-corrected chi connectivity index (χ1v) is 10.4. The molecule has 28 heavy (non-hydrogen) atoms. The Morgan fingerprint density at radius 3 is 2.54 bits per heavy atom. The molecule has 2 aromatic carbocycles. The second-order valence-electron chi connectivity index (χ2n) is 6.07. The second-order valence-corrected chi connectivity index (χ2v) is 7.84. The van der Waals surface area contributed by atoms with Crippen LogP contribution in [0.1, 0.15) is 25.8 Å². The van der Waals surface area contributed by atoms with Gasteiger partial charge in [-0.1, -0.05) is 43.4 Å². The zero-order chi connectivity index (χ0) is 20.4. The van der Waals surface area contributed by atoms with E-state index in [1.807, 2.05) is 12.1 Å². The molecule has 0 aromatic heterocycles. The van der Waals surface area contributed by atoms with E-state index in [0.717, 1.165) is 18.4 Å². The summed E-state index contributed by atoms with van der Waals surface area (Å²) >= 11 is 0. The molecule has 0 bridgehead atoms. The number of nitrogens with one attached hydrogen (secondary N) is 2. The molecule has 0 heterocycles. The summed E-state index contributed by atoms with van der Waals surface area (Å²) in [5, 5.41) is 2.67. The van der Waals surface area contributed by atoms with Crippen molar-refractivity contribution in [2.75, 3.05) is 18.5 Å². The van der Waals surface area contributed by atoms with Crippen LogP contribution in [0.5, 0.6) is 5.75 Å². The molecule has 6 nitrogen and oxygen atoms in total. The van der Waals surface area contributed by atoms with Crippen molar-refractivity contribution in [2.24, 2.45) is 0 Å². The van der Waals surface area contributed by atoms with Crippen LogP contribution in [0.25, 0.3) is 0 Å². The highest BCUT2D eigenvalue weighted by molar-refractivity contribution is 7.89. The first-order valence-electron chi connectivity index (χ1n) is 8.95. The minimum absolute atomic E-state index is 0.00562. The number of sulfonamides is 1. The summed E-state index contributed by atoms with van der Waals surface area (Å²) in [5.41, 5.74) is 1.75. The highest BCUT2D eigenvalue weighted by atomic mass is 32.2. The van der Waals surface area contributed by atoms with Gasteiger partial charge in [-0.3, -0.25) is 4.79 Å². The molecule has 0 fully saturated rings. The van der Waals surface area contributed by atoms with Crippen LogP contribution in [0.15, 0.2) is 53.4 Å². The summed E-state index contributed by atoms with van der Waals surface area (Å²) in [4.78, 5) is 11.3. The molecule has 0 spiro atoms. The van der Waals surface area contributed by atoms with E-state index in [2.05, 4.69) is 28.8 Å². The molecular formula is C21H24N2O4S. The third-order valence-electron chi connectivity index (χ3n) is 3.71. The van der Waals surface area contributed by atoms with Crippen LogP contribution in [0.4, 0.5) is 5.69 Å². The minimum Gasteiger partial charge on any atom is -0.481 e. The second kappa shape index (κ2) is 10.5. The first kappa shape index (κ1) is 21.5. The van der Waals surface area contributed by atoms with E-state index in [9.17, 15) is 13.2 Å². The van der Waals surface area contributed by atoms with Gasteiger partial charge in [-0.25, -0.2) is 8.42 Å². The average molecular weight is 401 g/mol. The molecule has 1 amide bonds. The number of hydrogen-bond donors (Lipinski definition) is 2. The number of carbonyl (C=O) groups is 1. The molecule has 2 rings (SSSR count). The van der Waals surface area contributed by atoms with E-state index in [1.165, 1.54) is 6.92 Å². The van der Waals surface area contributed by atoms with Gasteiger partial charge < -0.3 is 10.1 Å². The fourth-order valence-corrected chi connectivity index (χ4v) is 3.36. The molecule has 148 valence electrons. The van der Waals surface area contributed by atoms with E-state index < -0.39 is 10.0 Å². The number of aryl methyl sites for hydroxylation is 1. The lowest BCUT2D eigenvalue weighted by Gasteiger charge is -2.06. The quantitative estimate of drug-likeness (QED) is 0.667. The molecular weight excluding hydrogens is 376 g/mol. The Bertz CT molecular complexity index is 958. The Morgan fingerprint density at radius 2 is 1.86 bits per heavy atom. The molecule has 0 saturated carbocycles. The van der Waals surface area contributed by atoms with Crippen molar-refractivity contribution >= 4 is 21.6 Å². The minimum atomic E-state index is -3.58. The van der Waals surface area contributed by atoms with Crippen molar-refractivity contribution in [2.45, 2.75) is 31.6 Å². The third-order valence-corrected chi connectivity index (χ3v) is 5.13. The van der Waals surface area contributed by atoms with Crippen molar-refractivity contribution in [3.05, 3.63) is 54.1 Å². The zero-order valence-electron chi connectivity index (χ0n) is 16.0. The maximum absolute atomic E-state index is 12.2. The molecule has 0 atom stereocenters. The Labute approximate surface area is 166 Å². The predicted octanol–water partition coefficient (Wildman–Crippen LogP) is 2.96. The molecule has 0 radical (unpaired) electrons. The van der Waals surface area contributed by atoms with Gasteiger partial charge >= 0.3 is 0 Å². The summed E-state index contributed by atoms with van der Waals surface area (Å²) in [6, 6.07) is 13.8. The molecule has 0 aliphatic carbocycles. The van der Waals surface area contributed by atoms with Gasteiger partial charge in [0, 0.05) is 18.7 Å². The van der Waals surface area contributed by atoms with Crippen molar-refractivity contribution in [1.29, 1.82) is 0 Å². The lowest BCUT2D eigenvalue weighted by molar-refractivity contribution is -0.114. The maximum Gasteiger partial charge on any atom is 0.241 e. The van der Waals surface area contributed by atoms with Crippen molar-refractivity contribution in [3.63, 3.8) is 0 Å². The molecule has 0 saturated heterocycles. The van der Waals surface area contributed by atoms with Crippen LogP contribution in [0.2, 0.25) is 0 Å². The largest absolute Gasteiger partial charge is 0.481 e. The number of ether oxygens (including phenoxy) is 1. The van der Waals surface area contributed by atoms with Gasteiger partial charge in [0.1, 0.15) is 12.4 Å². The molecule has 7 heteroatoms. The molecule has 0 unspecified atom stereocenters. The summed E-state index contributed by atoms with van der Waals surface area (Å²) in [5.74, 6) is 5.88. The predicted molar refractivity (Wildman–Crippen MR) is 110 cm³/mol. The van der Waals surface area contributed by atoms with E-state index >= 15 is 0 Å². The summed E-state index contributed by atoms with van der Waals surface area (Å²) in [6.07, 6.45) is 1.94. The fourth-order valence-electron chi connectivity index (χ4n) is 2.44. The SMILES string of the molecule is CCCc1ccc(S(=O)(=O)NCC#CCOc2cccc(NC(C)=O)c2)cc1. The molecule has 0 aliphatic heterocycles. The highest BCUT2D eigenvalue weighted by Crippen LogP contribution is 2.17. The Morgan fingerprint density at radius 1 is 1.11 bits per heavy atom. The highest BCUT2D eigenvalue weighted by Gasteiger charge is 2.12. The van der Waals surface area contributed by atoms with Crippen LogP contribution in [0.3, 0.4) is 0 Å². The van der Waals surface area contributed by atoms with Gasteiger partial charge in [0.15, 0.2) is 0 Å². The number of hydrogen-bond acceptors (Lipinski definition) is 4. The van der Waals surface area contributed by atoms with E-state index in [4.69, 9.17) is 4.74 Å². The van der Waals surface area contributed by atoms with Crippen LogP contribution in [0, 0.1) is 11.8 Å². The summed E-state index contributed by atoms with van der Waals surface area (Å²) < 4.78 is 32.4. The lowest BCUT2D eigenvalue weighted by atomic mass is 10.1. The van der Waals surface area contributed by atoms with Gasteiger partial charge in [0.2, 0.25) is 15.9 Å². The van der Waals surface area contributed by atoms with Gasteiger partial charge in [0.05, 0.1) is 11.4 Å². The van der Waals surface area contributed by atoms with Crippen LogP contribution < -0.4 is 14.8 Å². The average Bonchev–Trinajstić information content (AvgIpc) is 2.65. The number of carbonyl (C=O) groups excluding carboxylic acids is 1. The van der Waals surface area contributed by atoms with E-state index in [1.54, 1.807) is 36.4 Å². The summed E-state index contributed by atoms with van der Waals surface area (Å²) in [6.45, 7) is 3.61. The van der Waals surface area contributed by atoms with Crippen LogP contribution >= 0.6 is 0 Å². The van der Waals surface area contributed by atoms with Crippen LogP contribution in [-0.2, 0) is 21.2 Å². The van der Waals surface area contributed by atoms with Gasteiger partial charge in [-0.05, 0) is 36.2 Å². The Kier molecular flexibility index (Phi) is 8.05. The standard InChI is InChI=1S/C21H24N2O4S/c1-3-7-18-10-12-21(13-11-18)28(25,26)22-14-4-5-15-27-20-9-6-8-19(16-20)23-17(2)24/h6,8-13,16,22H,3,7,14-15H2,1-2H3,(H,23,24). The molecule has 2 N–H and O–H groups in total. The van der Waals surface area contributed by atoms with Crippen molar-refractivity contribution in [3.8, 4) is 17.6 Å². The zero-order valence-corrected chi connectivity index (χ0v) is 16.8. The smallest absolute Gasteiger partial charge is 0.241 e. The number of amides is 1. The molecule has 0 aliphatic rings. The number of anilines is 1. The van der Waals surface area contributed by atoms with Crippen molar-refractivity contribution < 1.29 is 17.9 Å². The number of rotatable bonds is 8. The number of benzene rings is 2.